The van der Waals surface area contributed by atoms with Crippen molar-refractivity contribution in [2.45, 2.75) is 26.2 Å². The van der Waals surface area contributed by atoms with Crippen LogP contribution in [0, 0.1) is 0 Å². The number of amides is 3. The third-order valence-electron chi connectivity index (χ3n) is 4.56. The van der Waals surface area contributed by atoms with Gasteiger partial charge in [-0.05, 0) is 30.2 Å². The number of ketones is 1. The number of urea groups is 1. The number of anilines is 2. The molecule has 2 aromatic rings. The van der Waals surface area contributed by atoms with Gasteiger partial charge in [-0.15, -0.1) is 0 Å². The lowest BCUT2D eigenvalue weighted by molar-refractivity contribution is -0.116. The molecule has 1 aliphatic rings. The Balaban J connectivity index is 1.54. The van der Waals surface area contributed by atoms with Crippen molar-refractivity contribution in [1.82, 2.24) is 5.32 Å². The van der Waals surface area contributed by atoms with E-state index in [2.05, 4.69) is 17.6 Å². The third kappa shape index (κ3) is 4.73. The predicted molar refractivity (Wildman–Crippen MR) is 105 cm³/mol. The van der Waals surface area contributed by atoms with Crippen molar-refractivity contribution in [3.05, 3.63) is 59.7 Å². The van der Waals surface area contributed by atoms with Crippen LogP contribution >= 0.6 is 0 Å². The summed E-state index contributed by atoms with van der Waals surface area (Å²) in [5.74, 6) is -0.271. The zero-order chi connectivity index (χ0) is 19.2. The predicted octanol–water partition coefficient (Wildman–Crippen LogP) is 3.38. The standard InChI is InChI=1S/C21H23N3O3/c1-2-15-6-8-16(9-7-15)19(25)10-11-20(26)23-17-4-3-5-18(14-17)24-13-12-22-21(24)27/h3-9,14H,2,10-13H2,1H3,(H,22,27)(H,23,26). The van der Waals surface area contributed by atoms with Gasteiger partial charge in [0.15, 0.2) is 5.78 Å². The minimum absolute atomic E-state index is 0.0460. The molecule has 1 saturated heterocycles. The minimum atomic E-state index is -0.225. The van der Waals surface area contributed by atoms with Crippen LogP contribution in [0.4, 0.5) is 16.2 Å². The highest BCUT2D eigenvalue weighted by Gasteiger charge is 2.21. The van der Waals surface area contributed by atoms with E-state index in [-0.39, 0.29) is 30.6 Å². The Labute approximate surface area is 158 Å². The van der Waals surface area contributed by atoms with Gasteiger partial charge in [0.2, 0.25) is 5.91 Å². The molecular weight excluding hydrogens is 342 g/mol. The van der Waals surface area contributed by atoms with Crippen molar-refractivity contribution in [3.63, 3.8) is 0 Å². The number of hydrogen-bond donors (Lipinski definition) is 2. The molecule has 27 heavy (non-hydrogen) atoms. The molecule has 0 bridgehead atoms. The second kappa shape index (κ2) is 8.49. The molecular formula is C21H23N3O3. The average molecular weight is 365 g/mol. The lowest BCUT2D eigenvalue weighted by Gasteiger charge is -2.15. The molecule has 0 atom stereocenters. The van der Waals surface area contributed by atoms with Crippen molar-refractivity contribution < 1.29 is 14.4 Å². The van der Waals surface area contributed by atoms with Crippen molar-refractivity contribution in [1.29, 1.82) is 0 Å². The Hall–Kier alpha value is -3.15. The van der Waals surface area contributed by atoms with Crippen molar-refractivity contribution in [3.8, 4) is 0 Å². The lowest BCUT2D eigenvalue weighted by Crippen LogP contribution is -2.27. The number of benzene rings is 2. The van der Waals surface area contributed by atoms with E-state index >= 15 is 0 Å². The van der Waals surface area contributed by atoms with Crippen LogP contribution in [-0.4, -0.2) is 30.8 Å². The molecule has 6 nitrogen and oxygen atoms in total. The fraction of sp³-hybridized carbons (Fsp3) is 0.286. The molecule has 0 spiro atoms. The van der Waals surface area contributed by atoms with Gasteiger partial charge in [-0.25, -0.2) is 4.79 Å². The van der Waals surface area contributed by atoms with Crippen LogP contribution in [0.15, 0.2) is 48.5 Å². The Morgan fingerprint density at radius 1 is 1.11 bits per heavy atom. The highest BCUT2D eigenvalue weighted by Crippen LogP contribution is 2.21. The summed E-state index contributed by atoms with van der Waals surface area (Å²) in [4.78, 5) is 37.8. The van der Waals surface area contributed by atoms with Crippen LogP contribution in [0.3, 0.4) is 0 Å². The van der Waals surface area contributed by atoms with Crippen LogP contribution < -0.4 is 15.5 Å². The maximum atomic E-state index is 12.2. The Morgan fingerprint density at radius 2 is 1.89 bits per heavy atom. The summed E-state index contributed by atoms with van der Waals surface area (Å²) in [6, 6.07) is 14.5. The fourth-order valence-electron chi connectivity index (χ4n) is 2.99. The van der Waals surface area contributed by atoms with Gasteiger partial charge in [-0.3, -0.25) is 14.5 Å². The zero-order valence-corrected chi connectivity index (χ0v) is 15.3. The number of rotatable bonds is 7. The van der Waals surface area contributed by atoms with Crippen molar-refractivity contribution >= 4 is 29.1 Å². The largest absolute Gasteiger partial charge is 0.336 e. The van der Waals surface area contributed by atoms with E-state index in [0.29, 0.717) is 24.3 Å². The van der Waals surface area contributed by atoms with E-state index in [1.54, 1.807) is 23.1 Å². The molecule has 1 fully saturated rings. The van der Waals surface area contributed by atoms with Crippen LogP contribution in [0.2, 0.25) is 0 Å². The van der Waals surface area contributed by atoms with E-state index in [1.807, 2.05) is 30.3 Å². The van der Waals surface area contributed by atoms with E-state index in [1.165, 1.54) is 5.56 Å². The molecule has 6 heteroatoms. The van der Waals surface area contributed by atoms with Crippen LogP contribution in [0.25, 0.3) is 0 Å². The molecule has 0 unspecified atom stereocenters. The Morgan fingerprint density at radius 3 is 2.56 bits per heavy atom. The first-order valence-electron chi connectivity index (χ1n) is 9.14. The van der Waals surface area contributed by atoms with Gasteiger partial charge >= 0.3 is 6.03 Å². The monoisotopic (exact) mass is 365 g/mol. The summed E-state index contributed by atoms with van der Waals surface area (Å²) in [6.45, 7) is 3.27. The summed E-state index contributed by atoms with van der Waals surface area (Å²) in [5.41, 5.74) is 3.14. The Bertz CT molecular complexity index is 846. The number of aryl methyl sites for hydroxylation is 1. The number of carbonyl (C=O) groups is 3. The molecule has 0 radical (unpaired) electrons. The SMILES string of the molecule is CCc1ccc(C(=O)CCC(=O)Nc2cccc(N3CCNC3=O)c2)cc1. The van der Waals surface area contributed by atoms with Gasteiger partial charge in [-0.2, -0.15) is 0 Å². The molecule has 0 aromatic heterocycles. The van der Waals surface area contributed by atoms with E-state index in [9.17, 15) is 14.4 Å². The van der Waals surface area contributed by atoms with Gasteiger partial charge in [0.05, 0.1) is 0 Å². The smallest absolute Gasteiger partial charge is 0.321 e. The van der Waals surface area contributed by atoms with Gasteiger partial charge < -0.3 is 10.6 Å². The van der Waals surface area contributed by atoms with Gasteiger partial charge in [0.25, 0.3) is 0 Å². The van der Waals surface area contributed by atoms with Crippen molar-refractivity contribution in [2.24, 2.45) is 0 Å². The van der Waals surface area contributed by atoms with E-state index in [0.717, 1.165) is 12.1 Å². The summed E-state index contributed by atoms with van der Waals surface area (Å²) in [6.07, 6.45) is 1.20. The normalized spacial score (nSPS) is 13.4. The molecule has 2 aromatic carbocycles. The molecule has 1 heterocycles. The highest BCUT2D eigenvalue weighted by molar-refractivity contribution is 6.00. The minimum Gasteiger partial charge on any atom is -0.336 e. The van der Waals surface area contributed by atoms with Crippen LogP contribution in [0.1, 0.15) is 35.7 Å². The van der Waals surface area contributed by atoms with Crippen LogP contribution in [-0.2, 0) is 11.2 Å². The first-order chi connectivity index (χ1) is 13.1. The topological polar surface area (TPSA) is 78.5 Å². The second-order valence-electron chi connectivity index (χ2n) is 6.46. The Kier molecular flexibility index (Phi) is 5.86. The van der Waals surface area contributed by atoms with Crippen molar-refractivity contribution in [2.75, 3.05) is 23.3 Å². The van der Waals surface area contributed by atoms with E-state index in [4.69, 9.17) is 0 Å². The average Bonchev–Trinajstić information content (AvgIpc) is 3.12. The number of nitrogens with one attached hydrogen (secondary N) is 2. The molecule has 2 N–H and O–H groups in total. The molecule has 0 aliphatic carbocycles. The highest BCUT2D eigenvalue weighted by atomic mass is 16.2. The zero-order valence-electron chi connectivity index (χ0n) is 15.3. The molecule has 3 amide bonds. The van der Waals surface area contributed by atoms with Gasteiger partial charge in [0.1, 0.15) is 0 Å². The third-order valence-corrected chi connectivity index (χ3v) is 4.56. The summed E-state index contributed by atoms with van der Waals surface area (Å²) < 4.78 is 0. The van der Waals surface area contributed by atoms with Gasteiger partial charge in [-0.1, -0.05) is 37.3 Å². The molecule has 3 rings (SSSR count). The quantitative estimate of drug-likeness (QED) is 0.738. The molecule has 1 aliphatic heterocycles. The first kappa shape index (κ1) is 18.6. The van der Waals surface area contributed by atoms with E-state index < -0.39 is 0 Å². The molecule has 140 valence electrons. The maximum Gasteiger partial charge on any atom is 0.321 e. The summed E-state index contributed by atoms with van der Waals surface area (Å²) in [7, 11) is 0. The number of carbonyl (C=O) groups excluding carboxylic acids is 3. The van der Waals surface area contributed by atoms with Gasteiger partial charge in [0, 0.05) is 42.9 Å². The maximum absolute atomic E-state index is 12.2. The number of Topliss-reactive ketones (excluding diaryl/α,β-unsaturated/α-hetero) is 1. The summed E-state index contributed by atoms with van der Waals surface area (Å²) >= 11 is 0. The van der Waals surface area contributed by atoms with Crippen LogP contribution in [0.5, 0.6) is 0 Å². The number of nitrogens with zero attached hydrogens (tertiary/aromatic N) is 1. The first-order valence-corrected chi connectivity index (χ1v) is 9.14. The lowest BCUT2D eigenvalue weighted by atomic mass is 10.0. The second-order valence-corrected chi connectivity index (χ2v) is 6.46. The molecule has 0 saturated carbocycles. The fourth-order valence-corrected chi connectivity index (χ4v) is 2.99. The number of hydrogen-bond acceptors (Lipinski definition) is 3. The summed E-state index contributed by atoms with van der Waals surface area (Å²) in [5, 5.41) is 5.54.